The molecule has 0 spiro atoms. The molecule has 0 bridgehead atoms. The first kappa shape index (κ1) is 16.4. The van der Waals surface area contributed by atoms with Crippen LogP contribution in [0, 0.1) is 0 Å². The van der Waals surface area contributed by atoms with E-state index in [4.69, 9.17) is 9.47 Å². The molecule has 1 amide bonds. The predicted octanol–water partition coefficient (Wildman–Crippen LogP) is 3.46. The van der Waals surface area contributed by atoms with Crippen molar-refractivity contribution in [1.29, 1.82) is 0 Å². The average Bonchev–Trinajstić information content (AvgIpc) is 2.64. The van der Waals surface area contributed by atoms with Gasteiger partial charge < -0.3 is 14.8 Å². The number of methoxy groups -OCH3 is 1. The maximum absolute atomic E-state index is 12.2. The summed E-state index contributed by atoms with van der Waals surface area (Å²) >= 11 is 0. The molecule has 0 fully saturated rings. The predicted molar refractivity (Wildman–Crippen MR) is 93.9 cm³/mol. The molecule has 0 radical (unpaired) electrons. The van der Waals surface area contributed by atoms with Gasteiger partial charge in [0.1, 0.15) is 11.5 Å². The fraction of sp³-hybridized carbons (Fsp3) is 0.105. The largest absolute Gasteiger partial charge is 0.496 e. The number of ether oxygens (including phenoxy) is 2. The van der Waals surface area contributed by atoms with E-state index in [0.717, 1.165) is 5.56 Å². The van der Waals surface area contributed by atoms with Gasteiger partial charge in [0, 0.05) is 23.6 Å². The van der Waals surface area contributed by atoms with Crippen molar-refractivity contribution in [2.45, 2.75) is 6.42 Å². The summed E-state index contributed by atoms with van der Waals surface area (Å²) in [6.45, 7) is 0. The van der Waals surface area contributed by atoms with E-state index < -0.39 is 0 Å². The summed E-state index contributed by atoms with van der Waals surface area (Å²) in [7, 11) is 1.59. The Hall–Kier alpha value is -3.41. The van der Waals surface area contributed by atoms with Gasteiger partial charge in [-0.2, -0.15) is 0 Å². The maximum Gasteiger partial charge on any atom is 0.237 e. The van der Waals surface area contributed by atoms with E-state index in [2.05, 4.69) is 15.3 Å². The highest BCUT2D eigenvalue weighted by atomic mass is 16.5. The van der Waals surface area contributed by atoms with Crippen LogP contribution in [0.3, 0.4) is 0 Å². The van der Waals surface area contributed by atoms with Gasteiger partial charge in [0.2, 0.25) is 11.8 Å². The third-order valence-electron chi connectivity index (χ3n) is 3.44. The van der Waals surface area contributed by atoms with Crippen LogP contribution in [0.5, 0.6) is 17.4 Å². The Balaban J connectivity index is 1.60. The summed E-state index contributed by atoms with van der Waals surface area (Å²) in [5, 5.41) is 2.85. The third-order valence-corrected chi connectivity index (χ3v) is 3.44. The fourth-order valence-corrected chi connectivity index (χ4v) is 2.29. The van der Waals surface area contributed by atoms with Crippen molar-refractivity contribution in [1.82, 2.24) is 9.97 Å². The van der Waals surface area contributed by atoms with E-state index in [0.29, 0.717) is 23.1 Å². The highest BCUT2D eigenvalue weighted by Crippen LogP contribution is 2.22. The minimum absolute atomic E-state index is 0.118. The third kappa shape index (κ3) is 4.54. The summed E-state index contributed by atoms with van der Waals surface area (Å²) < 4.78 is 10.8. The van der Waals surface area contributed by atoms with Gasteiger partial charge in [-0.15, -0.1) is 0 Å². The second kappa shape index (κ2) is 7.92. The van der Waals surface area contributed by atoms with Crippen molar-refractivity contribution in [3.63, 3.8) is 0 Å². The molecule has 0 aliphatic heterocycles. The summed E-state index contributed by atoms with van der Waals surface area (Å²) in [5.41, 5.74) is 1.52. The molecular weight excluding hydrogens is 318 g/mol. The van der Waals surface area contributed by atoms with Crippen LogP contribution in [0.15, 0.2) is 67.1 Å². The fourth-order valence-electron chi connectivity index (χ4n) is 2.29. The molecule has 1 heterocycles. The molecule has 25 heavy (non-hydrogen) atoms. The Kier molecular flexibility index (Phi) is 5.21. The zero-order valence-corrected chi connectivity index (χ0v) is 13.7. The van der Waals surface area contributed by atoms with E-state index in [9.17, 15) is 4.79 Å². The van der Waals surface area contributed by atoms with Crippen LogP contribution in [-0.4, -0.2) is 23.0 Å². The lowest BCUT2D eigenvalue weighted by Crippen LogP contribution is -2.14. The molecule has 2 aromatic carbocycles. The Bertz CT molecular complexity index is 836. The number of anilines is 1. The van der Waals surface area contributed by atoms with Crippen molar-refractivity contribution in [3.8, 4) is 17.4 Å². The number of hydrogen-bond donors (Lipinski definition) is 1. The lowest BCUT2D eigenvalue weighted by atomic mass is 10.1. The standard InChI is InChI=1S/C19H17N3O3/c1-24-17-5-3-2-4-14(17)12-18(23)22-15-6-8-16(9-7-15)25-19-13-20-10-11-21-19/h2-11,13H,12H2,1H3,(H,22,23). The molecule has 6 heteroatoms. The first-order valence-electron chi connectivity index (χ1n) is 7.70. The number of amides is 1. The van der Waals surface area contributed by atoms with E-state index in [1.54, 1.807) is 43.8 Å². The van der Waals surface area contributed by atoms with E-state index in [-0.39, 0.29) is 12.3 Å². The first-order chi connectivity index (χ1) is 12.2. The van der Waals surface area contributed by atoms with Crippen LogP contribution >= 0.6 is 0 Å². The number of carbonyl (C=O) groups is 1. The van der Waals surface area contributed by atoms with Crippen molar-refractivity contribution in [2.75, 3.05) is 12.4 Å². The Labute approximate surface area is 145 Å². The van der Waals surface area contributed by atoms with Crippen LogP contribution < -0.4 is 14.8 Å². The van der Waals surface area contributed by atoms with Crippen molar-refractivity contribution in [2.24, 2.45) is 0 Å². The molecule has 6 nitrogen and oxygen atoms in total. The Morgan fingerprint density at radius 2 is 1.88 bits per heavy atom. The highest BCUT2D eigenvalue weighted by Gasteiger charge is 2.08. The van der Waals surface area contributed by atoms with Crippen LogP contribution in [0.1, 0.15) is 5.56 Å². The van der Waals surface area contributed by atoms with Gasteiger partial charge in [0.05, 0.1) is 19.7 Å². The number of nitrogens with zero attached hydrogens (tertiary/aromatic N) is 2. The number of benzene rings is 2. The number of aromatic nitrogens is 2. The molecule has 0 aliphatic rings. The topological polar surface area (TPSA) is 73.3 Å². The van der Waals surface area contributed by atoms with Crippen molar-refractivity contribution >= 4 is 11.6 Å². The zero-order valence-electron chi connectivity index (χ0n) is 13.7. The Morgan fingerprint density at radius 1 is 1.08 bits per heavy atom. The SMILES string of the molecule is COc1ccccc1CC(=O)Nc1ccc(Oc2cnccn2)cc1. The minimum Gasteiger partial charge on any atom is -0.496 e. The summed E-state index contributed by atoms with van der Waals surface area (Å²) in [6, 6.07) is 14.5. The van der Waals surface area contributed by atoms with Gasteiger partial charge in [0.25, 0.3) is 0 Å². The summed E-state index contributed by atoms with van der Waals surface area (Å²) in [6.07, 6.45) is 4.90. The van der Waals surface area contributed by atoms with Gasteiger partial charge in [-0.05, 0) is 30.3 Å². The van der Waals surface area contributed by atoms with Gasteiger partial charge >= 0.3 is 0 Å². The van der Waals surface area contributed by atoms with Gasteiger partial charge in [-0.1, -0.05) is 18.2 Å². The molecule has 1 aromatic heterocycles. The first-order valence-corrected chi connectivity index (χ1v) is 7.70. The number of hydrogen-bond acceptors (Lipinski definition) is 5. The lowest BCUT2D eigenvalue weighted by molar-refractivity contribution is -0.115. The smallest absolute Gasteiger partial charge is 0.237 e. The molecule has 0 unspecified atom stereocenters. The summed E-state index contributed by atoms with van der Waals surface area (Å²) in [4.78, 5) is 20.2. The second-order valence-corrected chi connectivity index (χ2v) is 5.21. The van der Waals surface area contributed by atoms with E-state index in [1.807, 2.05) is 24.3 Å². The molecule has 126 valence electrons. The molecule has 1 N–H and O–H groups in total. The van der Waals surface area contributed by atoms with Crippen LogP contribution in [0.4, 0.5) is 5.69 Å². The van der Waals surface area contributed by atoms with Gasteiger partial charge in [-0.3, -0.25) is 9.78 Å². The number of rotatable bonds is 6. The summed E-state index contributed by atoms with van der Waals surface area (Å²) in [5.74, 6) is 1.61. The maximum atomic E-state index is 12.2. The molecule has 3 aromatic rings. The number of para-hydroxylation sites is 1. The number of carbonyl (C=O) groups excluding carboxylic acids is 1. The van der Waals surface area contributed by atoms with E-state index in [1.165, 1.54) is 6.20 Å². The molecule has 3 rings (SSSR count). The van der Waals surface area contributed by atoms with Crippen LogP contribution in [0.2, 0.25) is 0 Å². The molecule has 0 aliphatic carbocycles. The van der Waals surface area contributed by atoms with Crippen molar-refractivity contribution < 1.29 is 14.3 Å². The number of nitrogens with one attached hydrogen (secondary N) is 1. The second-order valence-electron chi connectivity index (χ2n) is 5.21. The molecule has 0 atom stereocenters. The van der Waals surface area contributed by atoms with E-state index >= 15 is 0 Å². The monoisotopic (exact) mass is 335 g/mol. The molecular formula is C19H17N3O3. The zero-order chi connectivity index (χ0) is 17.5. The lowest BCUT2D eigenvalue weighted by Gasteiger charge is -2.09. The van der Waals surface area contributed by atoms with Crippen molar-refractivity contribution in [3.05, 3.63) is 72.7 Å². The molecule has 0 saturated carbocycles. The minimum atomic E-state index is -0.118. The molecule has 0 saturated heterocycles. The average molecular weight is 335 g/mol. The van der Waals surface area contributed by atoms with Gasteiger partial charge in [0.15, 0.2) is 0 Å². The normalized spacial score (nSPS) is 10.1. The highest BCUT2D eigenvalue weighted by molar-refractivity contribution is 5.92. The quantitative estimate of drug-likeness (QED) is 0.747. The van der Waals surface area contributed by atoms with Crippen LogP contribution in [0.25, 0.3) is 0 Å². The van der Waals surface area contributed by atoms with Gasteiger partial charge in [-0.25, -0.2) is 4.98 Å². The Morgan fingerprint density at radius 3 is 2.60 bits per heavy atom. The van der Waals surface area contributed by atoms with Crippen LogP contribution in [-0.2, 0) is 11.2 Å².